The first kappa shape index (κ1) is 25.8. The molecule has 1 saturated heterocycles. The molecule has 1 aliphatic rings. The van der Waals surface area contributed by atoms with E-state index in [2.05, 4.69) is 44.0 Å². The standard InChI is InChI=1S/C28H39N3O3/c1-19(2)25(30-26(33)13-10-21-8-11-24(32)12-9-21)18-31-15-14-28(4,20(3)17-31)23-7-5-6-22(16-23)27(29)34/h5-9,11-12,16,19-20,25,32H,10,13-15,17-18H2,1-4H3,(H2,29,34)(H,30,33)/t20-,25+,28+/m0/s1. The number of primary amides is 1. The van der Waals surface area contributed by atoms with Crippen LogP contribution in [0.25, 0.3) is 0 Å². The van der Waals surface area contributed by atoms with E-state index in [1.165, 1.54) is 5.56 Å². The van der Waals surface area contributed by atoms with Gasteiger partial charge in [-0.1, -0.05) is 52.0 Å². The first-order chi connectivity index (χ1) is 16.1. The molecule has 0 aliphatic carbocycles. The minimum atomic E-state index is -0.392. The zero-order valence-corrected chi connectivity index (χ0v) is 20.9. The minimum Gasteiger partial charge on any atom is -0.508 e. The molecule has 34 heavy (non-hydrogen) atoms. The Labute approximate surface area is 203 Å². The van der Waals surface area contributed by atoms with Crippen molar-refractivity contribution in [3.63, 3.8) is 0 Å². The fourth-order valence-electron chi connectivity index (χ4n) is 4.84. The summed E-state index contributed by atoms with van der Waals surface area (Å²) in [6.07, 6.45) is 2.06. The van der Waals surface area contributed by atoms with E-state index in [0.717, 1.165) is 31.6 Å². The van der Waals surface area contributed by atoms with Crippen LogP contribution in [-0.2, 0) is 16.6 Å². The molecular formula is C28H39N3O3. The van der Waals surface area contributed by atoms with Crippen LogP contribution in [0.2, 0.25) is 0 Å². The SMILES string of the molecule is CC(C)[C@@H](CN1CC[C@@](C)(c2cccc(C(N)=O)c2)[C@@H](C)C1)NC(=O)CCc1ccc(O)cc1. The zero-order chi connectivity index (χ0) is 24.9. The number of aryl methyl sites for hydroxylation is 1. The molecule has 2 aromatic rings. The van der Waals surface area contributed by atoms with Gasteiger partial charge in [-0.2, -0.15) is 0 Å². The Morgan fingerprint density at radius 2 is 1.91 bits per heavy atom. The maximum Gasteiger partial charge on any atom is 0.248 e. The van der Waals surface area contributed by atoms with Gasteiger partial charge in [-0.25, -0.2) is 0 Å². The maximum atomic E-state index is 12.7. The van der Waals surface area contributed by atoms with E-state index < -0.39 is 5.91 Å². The van der Waals surface area contributed by atoms with Crippen LogP contribution in [0.4, 0.5) is 0 Å². The normalized spacial score (nSPS) is 21.9. The Morgan fingerprint density at radius 3 is 2.53 bits per heavy atom. The summed E-state index contributed by atoms with van der Waals surface area (Å²) >= 11 is 0. The van der Waals surface area contributed by atoms with Gasteiger partial charge in [0.15, 0.2) is 0 Å². The van der Waals surface area contributed by atoms with Crippen LogP contribution in [-0.4, -0.2) is 47.5 Å². The third-order valence-corrected chi connectivity index (χ3v) is 7.56. The van der Waals surface area contributed by atoms with Crippen LogP contribution in [0.3, 0.4) is 0 Å². The summed E-state index contributed by atoms with van der Waals surface area (Å²) in [6.45, 7) is 11.5. The molecule has 2 aromatic carbocycles. The van der Waals surface area contributed by atoms with Crippen LogP contribution < -0.4 is 11.1 Å². The van der Waals surface area contributed by atoms with E-state index in [9.17, 15) is 14.7 Å². The predicted octanol–water partition coefficient (Wildman–Crippen LogP) is 3.86. The third-order valence-electron chi connectivity index (χ3n) is 7.56. The number of carbonyl (C=O) groups excluding carboxylic acids is 2. The molecule has 6 heteroatoms. The van der Waals surface area contributed by atoms with Gasteiger partial charge < -0.3 is 21.1 Å². The number of aromatic hydroxyl groups is 1. The van der Waals surface area contributed by atoms with E-state index in [0.29, 0.717) is 30.2 Å². The number of benzene rings is 2. The van der Waals surface area contributed by atoms with Gasteiger partial charge in [0.2, 0.25) is 11.8 Å². The number of nitrogens with two attached hydrogens (primary N) is 1. The first-order valence-corrected chi connectivity index (χ1v) is 12.3. The molecule has 0 unspecified atom stereocenters. The lowest BCUT2D eigenvalue weighted by molar-refractivity contribution is -0.122. The molecule has 2 amide bonds. The van der Waals surface area contributed by atoms with Crippen molar-refractivity contribution in [2.75, 3.05) is 19.6 Å². The van der Waals surface area contributed by atoms with E-state index in [1.807, 2.05) is 24.3 Å². The summed E-state index contributed by atoms with van der Waals surface area (Å²) in [5.41, 5.74) is 8.24. The third kappa shape index (κ3) is 6.38. The number of amides is 2. The van der Waals surface area contributed by atoms with E-state index in [1.54, 1.807) is 18.2 Å². The fourth-order valence-corrected chi connectivity index (χ4v) is 4.84. The average molecular weight is 466 g/mol. The lowest BCUT2D eigenvalue weighted by atomic mass is 9.67. The topological polar surface area (TPSA) is 95.7 Å². The second-order valence-corrected chi connectivity index (χ2v) is 10.4. The minimum absolute atomic E-state index is 0.0251. The van der Waals surface area contributed by atoms with Crippen molar-refractivity contribution in [2.24, 2.45) is 17.6 Å². The van der Waals surface area contributed by atoms with Gasteiger partial charge in [-0.15, -0.1) is 0 Å². The lowest BCUT2D eigenvalue weighted by Gasteiger charge is -2.46. The van der Waals surface area contributed by atoms with Crippen molar-refractivity contribution >= 4 is 11.8 Å². The Balaban J connectivity index is 1.57. The molecule has 0 bridgehead atoms. The molecule has 3 atom stereocenters. The van der Waals surface area contributed by atoms with Crippen LogP contribution in [0.15, 0.2) is 48.5 Å². The second-order valence-electron chi connectivity index (χ2n) is 10.4. The number of carbonyl (C=O) groups is 2. The highest BCUT2D eigenvalue weighted by Gasteiger charge is 2.38. The van der Waals surface area contributed by atoms with Crippen LogP contribution in [0.1, 0.15) is 62.0 Å². The summed E-state index contributed by atoms with van der Waals surface area (Å²) in [7, 11) is 0. The van der Waals surface area contributed by atoms with Gasteiger partial charge in [-0.05, 0) is 72.0 Å². The van der Waals surface area contributed by atoms with Crippen LogP contribution in [0.5, 0.6) is 5.75 Å². The highest BCUT2D eigenvalue weighted by molar-refractivity contribution is 5.93. The Morgan fingerprint density at radius 1 is 1.21 bits per heavy atom. The quantitative estimate of drug-likeness (QED) is 0.524. The summed E-state index contributed by atoms with van der Waals surface area (Å²) in [6, 6.07) is 14.8. The number of piperidine rings is 1. The molecular weight excluding hydrogens is 426 g/mol. The van der Waals surface area contributed by atoms with Gasteiger partial charge in [0.25, 0.3) is 0 Å². The average Bonchev–Trinajstić information content (AvgIpc) is 2.80. The van der Waals surface area contributed by atoms with Crippen molar-refractivity contribution in [3.05, 3.63) is 65.2 Å². The lowest BCUT2D eigenvalue weighted by Crippen LogP contribution is -2.53. The zero-order valence-electron chi connectivity index (χ0n) is 20.9. The molecule has 0 saturated carbocycles. The number of phenols is 1. The van der Waals surface area contributed by atoms with Crippen molar-refractivity contribution in [3.8, 4) is 5.75 Å². The molecule has 1 fully saturated rings. The van der Waals surface area contributed by atoms with Gasteiger partial charge >= 0.3 is 0 Å². The molecule has 184 valence electrons. The van der Waals surface area contributed by atoms with E-state index >= 15 is 0 Å². The Bertz CT molecular complexity index is 989. The molecule has 3 rings (SSSR count). The van der Waals surface area contributed by atoms with E-state index in [4.69, 9.17) is 5.73 Å². The van der Waals surface area contributed by atoms with Gasteiger partial charge in [-0.3, -0.25) is 9.59 Å². The Kier molecular flexibility index (Phi) is 8.37. The largest absolute Gasteiger partial charge is 0.508 e. The fraction of sp³-hybridized carbons (Fsp3) is 0.500. The molecule has 0 aromatic heterocycles. The summed E-state index contributed by atoms with van der Waals surface area (Å²) in [5.74, 6) is 0.623. The number of nitrogens with zero attached hydrogens (tertiary/aromatic N) is 1. The molecule has 4 N–H and O–H groups in total. The number of rotatable bonds is 9. The van der Waals surface area contributed by atoms with Crippen LogP contribution in [0, 0.1) is 11.8 Å². The van der Waals surface area contributed by atoms with Crippen molar-refractivity contribution in [1.82, 2.24) is 10.2 Å². The monoisotopic (exact) mass is 465 g/mol. The number of hydrogen-bond donors (Lipinski definition) is 3. The Hall–Kier alpha value is -2.86. The van der Waals surface area contributed by atoms with Gasteiger partial charge in [0.1, 0.15) is 5.75 Å². The summed E-state index contributed by atoms with van der Waals surface area (Å²) < 4.78 is 0. The molecule has 1 aliphatic heterocycles. The molecule has 6 nitrogen and oxygen atoms in total. The summed E-state index contributed by atoms with van der Waals surface area (Å²) in [5, 5.41) is 12.7. The van der Waals surface area contributed by atoms with Crippen molar-refractivity contribution in [2.45, 2.75) is 58.4 Å². The molecule has 0 radical (unpaired) electrons. The highest BCUT2D eigenvalue weighted by atomic mass is 16.3. The second kappa shape index (κ2) is 11.0. The summed E-state index contributed by atoms with van der Waals surface area (Å²) in [4.78, 5) is 26.8. The van der Waals surface area contributed by atoms with E-state index in [-0.39, 0.29) is 23.1 Å². The maximum absolute atomic E-state index is 12.7. The number of hydrogen-bond acceptors (Lipinski definition) is 4. The van der Waals surface area contributed by atoms with Crippen LogP contribution >= 0.6 is 0 Å². The van der Waals surface area contributed by atoms with Crippen molar-refractivity contribution < 1.29 is 14.7 Å². The first-order valence-electron chi connectivity index (χ1n) is 12.3. The molecule has 0 spiro atoms. The number of nitrogens with one attached hydrogen (secondary N) is 1. The highest BCUT2D eigenvalue weighted by Crippen LogP contribution is 2.39. The van der Waals surface area contributed by atoms with Crippen molar-refractivity contribution in [1.29, 1.82) is 0 Å². The number of likely N-dealkylation sites (tertiary alicyclic amines) is 1. The molecule has 1 heterocycles. The van der Waals surface area contributed by atoms with Gasteiger partial charge in [0.05, 0.1) is 0 Å². The smallest absolute Gasteiger partial charge is 0.248 e. The predicted molar refractivity (Wildman–Crippen MR) is 136 cm³/mol. The van der Waals surface area contributed by atoms with Gasteiger partial charge in [0, 0.05) is 31.1 Å². The number of phenolic OH excluding ortho intramolecular Hbond substituents is 1.